The predicted molar refractivity (Wildman–Crippen MR) is 85.0 cm³/mol. The van der Waals surface area contributed by atoms with Crippen molar-refractivity contribution >= 4 is 10.0 Å². The van der Waals surface area contributed by atoms with Gasteiger partial charge in [-0.2, -0.15) is 0 Å². The van der Waals surface area contributed by atoms with Crippen LogP contribution in [0, 0.1) is 5.92 Å². The first-order valence-corrected chi connectivity index (χ1v) is 8.60. The average Bonchev–Trinajstić information content (AvgIpc) is 2.43. The largest absolute Gasteiger partial charge is 0.495 e. The Morgan fingerprint density at radius 1 is 1.33 bits per heavy atom. The second-order valence-electron chi connectivity index (χ2n) is 5.44. The van der Waals surface area contributed by atoms with Crippen LogP contribution in [0.2, 0.25) is 0 Å². The highest BCUT2D eigenvalue weighted by Gasteiger charge is 2.25. The maximum Gasteiger partial charge on any atom is 0.246 e. The summed E-state index contributed by atoms with van der Waals surface area (Å²) in [5, 5.41) is 3.21. The number of nitrogens with one attached hydrogen (secondary N) is 1. The van der Waals surface area contributed by atoms with Gasteiger partial charge < -0.3 is 10.1 Å². The first kappa shape index (κ1) is 17.9. The molecule has 120 valence electrons. The van der Waals surface area contributed by atoms with Gasteiger partial charge in [-0.1, -0.05) is 26.8 Å². The molecule has 1 aromatic rings. The topological polar surface area (TPSA) is 58.6 Å². The lowest BCUT2D eigenvalue weighted by atomic mass is 10.2. The third-order valence-electron chi connectivity index (χ3n) is 3.12. The molecular formula is C15H26N2O3S. The van der Waals surface area contributed by atoms with E-state index in [0.29, 0.717) is 18.8 Å². The van der Waals surface area contributed by atoms with Gasteiger partial charge in [0.2, 0.25) is 10.0 Å². The maximum atomic E-state index is 12.6. The molecule has 0 saturated carbocycles. The number of rotatable bonds is 8. The molecule has 0 aliphatic rings. The Labute approximate surface area is 128 Å². The molecule has 0 fully saturated rings. The molecule has 6 heteroatoms. The minimum atomic E-state index is -3.53. The van der Waals surface area contributed by atoms with E-state index >= 15 is 0 Å². The van der Waals surface area contributed by atoms with Gasteiger partial charge in [-0.15, -0.1) is 0 Å². The van der Waals surface area contributed by atoms with Crippen LogP contribution in [-0.4, -0.2) is 40.0 Å². The Morgan fingerprint density at radius 2 is 2.00 bits per heavy atom. The summed E-state index contributed by atoms with van der Waals surface area (Å²) in [7, 11) is -0.434. The van der Waals surface area contributed by atoms with Gasteiger partial charge in [0.1, 0.15) is 10.6 Å². The van der Waals surface area contributed by atoms with Gasteiger partial charge in [0.05, 0.1) is 7.11 Å². The average molecular weight is 314 g/mol. The zero-order valence-electron chi connectivity index (χ0n) is 13.5. The molecule has 0 aromatic heterocycles. The molecule has 0 amide bonds. The highest BCUT2D eigenvalue weighted by molar-refractivity contribution is 7.89. The van der Waals surface area contributed by atoms with Crippen molar-refractivity contribution in [2.24, 2.45) is 5.92 Å². The van der Waals surface area contributed by atoms with E-state index in [2.05, 4.69) is 5.32 Å². The van der Waals surface area contributed by atoms with E-state index in [1.807, 2.05) is 26.8 Å². The molecule has 0 saturated heterocycles. The third-order valence-corrected chi connectivity index (χ3v) is 4.98. The zero-order valence-corrected chi connectivity index (χ0v) is 14.3. The Kier molecular flexibility index (Phi) is 6.64. The lowest BCUT2D eigenvalue weighted by molar-refractivity contribution is 0.390. The van der Waals surface area contributed by atoms with Crippen molar-refractivity contribution < 1.29 is 13.2 Å². The molecular weight excluding hydrogens is 288 g/mol. The normalized spacial score (nSPS) is 12.1. The first-order valence-electron chi connectivity index (χ1n) is 7.16. The fourth-order valence-electron chi connectivity index (χ4n) is 2.08. The molecule has 1 N–H and O–H groups in total. The minimum Gasteiger partial charge on any atom is -0.495 e. The SMILES string of the molecule is CCNCc1ccc(S(=O)(=O)N(C)CC(C)C)c(OC)c1. The van der Waals surface area contributed by atoms with E-state index in [1.54, 1.807) is 19.2 Å². The summed E-state index contributed by atoms with van der Waals surface area (Å²) in [5.41, 5.74) is 0.999. The van der Waals surface area contributed by atoms with Crippen LogP contribution in [0.15, 0.2) is 23.1 Å². The molecule has 0 bridgehead atoms. The standard InChI is InChI=1S/C15H26N2O3S/c1-6-16-10-13-7-8-15(14(9-13)20-5)21(18,19)17(4)11-12(2)3/h7-9,12,16H,6,10-11H2,1-5H3. The molecule has 0 unspecified atom stereocenters. The van der Waals surface area contributed by atoms with Gasteiger partial charge in [0.25, 0.3) is 0 Å². The van der Waals surface area contributed by atoms with Crippen LogP contribution in [0.5, 0.6) is 5.75 Å². The number of hydrogen-bond acceptors (Lipinski definition) is 4. The lowest BCUT2D eigenvalue weighted by Crippen LogP contribution is -2.30. The molecule has 21 heavy (non-hydrogen) atoms. The van der Waals surface area contributed by atoms with Crippen LogP contribution in [0.4, 0.5) is 0 Å². The first-order chi connectivity index (χ1) is 9.82. The van der Waals surface area contributed by atoms with Crippen molar-refractivity contribution in [3.05, 3.63) is 23.8 Å². The number of nitrogens with zero attached hydrogens (tertiary/aromatic N) is 1. The summed E-state index contributed by atoms with van der Waals surface area (Å²) < 4.78 is 31.9. The number of ether oxygens (including phenoxy) is 1. The van der Waals surface area contributed by atoms with Crippen LogP contribution < -0.4 is 10.1 Å². The second kappa shape index (κ2) is 7.77. The summed E-state index contributed by atoms with van der Waals surface area (Å²) in [4.78, 5) is 0.216. The van der Waals surface area contributed by atoms with E-state index in [0.717, 1.165) is 12.1 Å². The molecule has 0 atom stereocenters. The summed E-state index contributed by atoms with van der Waals surface area (Å²) in [6.07, 6.45) is 0. The predicted octanol–water partition coefficient (Wildman–Crippen LogP) is 2.08. The summed E-state index contributed by atoms with van der Waals surface area (Å²) in [5.74, 6) is 0.657. The van der Waals surface area contributed by atoms with Gasteiger partial charge in [0.15, 0.2) is 0 Å². The maximum absolute atomic E-state index is 12.6. The number of sulfonamides is 1. The molecule has 0 radical (unpaired) electrons. The van der Waals surface area contributed by atoms with Crippen molar-refractivity contribution in [3.8, 4) is 5.75 Å². The Hall–Kier alpha value is -1.11. The Balaban J connectivity index is 3.11. The summed E-state index contributed by atoms with van der Waals surface area (Å²) in [6, 6.07) is 5.22. The lowest BCUT2D eigenvalue weighted by Gasteiger charge is -2.21. The minimum absolute atomic E-state index is 0.216. The van der Waals surface area contributed by atoms with Crippen LogP contribution >= 0.6 is 0 Å². The van der Waals surface area contributed by atoms with Crippen molar-refractivity contribution in [2.75, 3.05) is 27.2 Å². The molecule has 0 aliphatic heterocycles. The molecule has 0 spiro atoms. The zero-order chi connectivity index (χ0) is 16.0. The number of hydrogen-bond donors (Lipinski definition) is 1. The molecule has 0 aliphatic carbocycles. The van der Waals surface area contributed by atoms with Crippen molar-refractivity contribution in [1.29, 1.82) is 0 Å². The molecule has 1 rings (SSSR count). The van der Waals surface area contributed by atoms with Crippen molar-refractivity contribution in [2.45, 2.75) is 32.2 Å². The van der Waals surface area contributed by atoms with E-state index < -0.39 is 10.0 Å². The highest BCUT2D eigenvalue weighted by atomic mass is 32.2. The van der Waals surface area contributed by atoms with Crippen molar-refractivity contribution in [1.82, 2.24) is 9.62 Å². The Bertz CT molecular complexity index is 556. The third kappa shape index (κ3) is 4.69. The van der Waals surface area contributed by atoms with Crippen molar-refractivity contribution in [3.63, 3.8) is 0 Å². The van der Waals surface area contributed by atoms with Crippen LogP contribution in [-0.2, 0) is 16.6 Å². The fraction of sp³-hybridized carbons (Fsp3) is 0.600. The monoisotopic (exact) mass is 314 g/mol. The van der Waals surface area contributed by atoms with Crippen LogP contribution in [0.3, 0.4) is 0 Å². The fourth-order valence-corrected chi connectivity index (χ4v) is 3.55. The van der Waals surface area contributed by atoms with Gasteiger partial charge in [-0.3, -0.25) is 0 Å². The highest BCUT2D eigenvalue weighted by Crippen LogP contribution is 2.27. The quantitative estimate of drug-likeness (QED) is 0.798. The summed E-state index contributed by atoms with van der Waals surface area (Å²) in [6.45, 7) is 8.03. The van der Waals surface area contributed by atoms with Gasteiger partial charge >= 0.3 is 0 Å². The number of methoxy groups -OCH3 is 1. The van der Waals surface area contributed by atoms with Crippen LogP contribution in [0.1, 0.15) is 26.3 Å². The van der Waals surface area contributed by atoms with E-state index in [-0.39, 0.29) is 10.8 Å². The second-order valence-corrected chi connectivity index (χ2v) is 7.46. The molecule has 5 nitrogen and oxygen atoms in total. The molecule has 1 aromatic carbocycles. The van der Waals surface area contributed by atoms with Gasteiger partial charge in [-0.25, -0.2) is 12.7 Å². The van der Waals surface area contributed by atoms with Crippen LogP contribution in [0.25, 0.3) is 0 Å². The van der Waals surface area contributed by atoms with E-state index in [9.17, 15) is 8.42 Å². The number of benzene rings is 1. The Morgan fingerprint density at radius 3 is 2.52 bits per heavy atom. The molecule has 0 heterocycles. The van der Waals surface area contributed by atoms with E-state index in [4.69, 9.17) is 4.74 Å². The smallest absolute Gasteiger partial charge is 0.246 e. The van der Waals surface area contributed by atoms with Gasteiger partial charge in [-0.05, 0) is 30.2 Å². The van der Waals surface area contributed by atoms with Gasteiger partial charge in [0, 0.05) is 20.1 Å². The summed E-state index contributed by atoms with van der Waals surface area (Å²) >= 11 is 0. The van der Waals surface area contributed by atoms with E-state index in [1.165, 1.54) is 11.4 Å².